The molecular formula is C14H17ClN2O. The fourth-order valence-electron chi connectivity index (χ4n) is 2.28. The highest BCUT2D eigenvalue weighted by molar-refractivity contribution is 6.31. The number of pyridine rings is 1. The Bertz CT molecular complexity index is 646. The Morgan fingerprint density at radius 2 is 2.11 bits per heavy atom. The van der Waals surface area contributed by atoms with Crippen LogP contribution in [0.25, 0.3) is 10.9 Å². The molecule has 0 aliphatic rings. The zero-order valence-electron chi connectivity index (χ0n) is 10.9. The molecule has 3 nitrogen and oxygen atoms in total. The van der Waals surface area contributed by atoms with Gasteiger partial charge in [0.1, 0.15) is 0 Å². The van der Waals surface area contributed by atoms with Crippen LogP contribution in [0.5, 0.6) is 0 Å². The van der Waals surface area contributed by atoms with Gasteiger partial charge in [-0.2, -0.15) is 0 Å². The molecule has 0 aliphatic carbocycles. The Morgan fingerprint density at radius 3 is 2.78 bits per heavy atom. The predicted molar refractivity (Wildman–Crippen MR) is 76.6 cm³/mol. The van der Waals surface area contributed by atoms with E-state index in [9.17, 15) is 4.79 Å². The fraction of sp³-hybridized carbons (Fsp3) is 0.357. The highest BCUT2D eigenvalue weighted by atomic mass is 35.5. The van der Waals surface area contributed by atoms with Crippen molar-refractivity contribution in [3.8, 4) is 0 Å². The maximum Gasteiger partial charge on any atom is 0.254 e. The van der Waals surface area contributed by atoms with E-state index in [1.54, 1.807) is 11.6 Å². The zero-order chi connectivity index (χ0) is 13.3. The van der Waals surface area contributed by atoms with Crippen molar-refractivity contribution in [2.75, 3.05) is 13.6 Å². The standard InChI is InChI=1S/C14H17ClN2O/c1-9-11(6-7-16-2)14(18)17(3)13-5-4-10(15)8-12(9)13/h4-5,8,16H,6-7H2,1-3H3. The van der Waals surface area contributed by atoms with Gasteiger partial charge in [0.2, 0.25) is 0 Å². The molecule has 0 unspecified atom stereocenters. The number of benzene rings is 1. The summed E-state index contributed by atoms with van der Waals surface area (Å²) in [6, 6.07) is 5.64. The van der Waals surface area contributed by atoms with E-state index in [2.05, 4.69) is 5.32 Å². The molecule has 0 aliphatic heterocycles. The number of aromatic nitrogens is 1. The number of fused-ring (bicyclic) bond motifs is 1. The molecule has 0 saturated carbocycles. The third-order valence-corrected chi connectivity index (χ3v) is 3.60. The third kappa shape index (κ3) is 2.16. The lowest BCUT2D eigenvalue weighted by atomic mass is 10.0. The number of rotatable bonds is 3. The van der Waals surface area contributed by atoms with Crippen LogP contribution in [0.2, 0.25) is 5.02 Å². The average molecular weight is 265 g/mol. The topological polar surface area (TPSA) is 34.0 Å². The summed E-state index contributed by atoms with van der Waals surface area (Å²) in [5.41, 5.74) is 2.90. The van der Waals surface area contributed by atoms with Crippen LogP contribution in [0, 0.1) is 6.92 Å². The normalized spacial score (nSPS) is 11.1. The first-order valence-corrected chi connectivity index (χ1v) is 6.36. The van der Waals surface area contributed by atoms with Gasteiger partial charge in [-0.1, -0.05) is 11.6 Å². The Hall–Kier alpha value is -1.32. The summed E-state index contributed by atoms with van der Waals surface area (Å²) in [6.07, 6.45) is 0.734. The maximum atomic E-state index is 12.3. The number of nitrogens with one attached hydrogen (secondary N) is 1. The van der Waals surface area contributed by atoms with Gasteiger partial charge >= 0.3 is 0 Å². The molecule has 0 spiro atoms. The molecule has 0 amide bonds. The quantitative estimate of drug-likeness (QED) is 0.923. The van der Waals surface area contributed by atoms with Gasteiger partial charge in [0.05, 0.1) is 5.52 Å². The summed E-state index contributed by atoms with van der Waals surface area (Å²) in [5, 5.41) is 4.82. The van der Waals surface area contributed by atoms with Gasteiger partial charge < -0.3 is 9.88 Å². The first-order valence-electron chi connectivity index (χ1n) is 5.98. The molecule has 0 radical (unpaired) electrons. The van der Waals surface area contributed by atoms with Crippen molar-refractivity contribution in [2.45, 2.75) is 13.3 Å². The largest absolute Gasteiger partial charge is 0.319 e. The lowest BCUT2D eigenvalue weighted by Gasteiger charge is -2.13. The zero-order valence-corrected chi connectivity index (χ0v) is 11.6. The molecule has 0 saturated heterocycles. The van der Waals surface area contributed by atoms with Gasteiger partial charge in [-0.15, -0.1) is 0 Å². The van der Waals surface area contributed by atoms with E-state index < -0.39 is 0 Å². The Morgan fingerprint density at radius 1 is 1.39 bits per heavy atom. The Labute approximate surface area is 111 Å². The minimum atomic E-state index is 0.0811. The SMILES string of the molecule is CNCCc1c(C)c2cc(Cl)ccc2n(C)c1=O. The highest BCUT2D eigenvalue weighted by Gasteiger charge is 2.11. The van der Waals surface area contributed by atoms with Crippen LogP contribution in [-0.4, -0.2) is 18.2 Å². The van der Waals surface area contributed by atoms with E-state index in [0.29, 0.717) is 5.02 Å². The summed E-state index contributed by atoms with van der Waals surface area (Å²) < 4.78 is 1.70. The van der Waals surface area contributed by atoms with E-state index in [4.69, 9.17) is 11.6 Å². The molecule has 18 heavy (non-hydrogen) atoms. The number of hydrogen-bond acceptors (Lipinski definition) is 2. The molecule has 1 aromatic heterocycles. The molecule has 96 valence electrons. The molecule has 4 heteroatoms. The lowest BCUT2D eigenvalue weighted by Crippen LogP contribution is -2.25. The van der Waals surface area contributed by atoms with Crippen molar-refractivity contribution in [3.05, 3.63) is 44.7 Å². The summed E-state index contributed by atoms with van der Waals surface area (Å²) in [5.74, 6) is 0. The summed E-state index contributed by atoms with van der Waals surface area (Å²) >= 11 is 6.04. The van der Waals surface area contributed by atoms with Crippen LogP contribution >= 0.6 is 11.6 Å². The van der Waals surface area contributed by atoms with Gasteiger partial charge in [0.15, 0.2) is 0 Å². The smallest absolute Gasteiger partial charge is 0.254 e. The number of likely N-dealkylation sites (N-methyl/N-ethyl adjacent to an activating group) is 1. The monoisotopic (exact) mass is 264 g/mol. The molecule has 1 heterocycles. The average Bonchev–Trinajstić information content (AvgIpc) is 2.36. The van der Waals surface area contributed by atoms with Crippen molar-refractivity contribution in [2.24, 2.45) is 7.05 Å². The van der Waals surface area contributed by atoms with Crippen molar-refractivity contribution in [1.29, 1.82) is 0 Å². The van der Waals surface area contributed by atoms with E-state index in [1.807, 2.05) is 32.2 Å². The van der Waals surface area contributed by atoms with Gasteiger partial charge in [0.25, 0.3) is 5.56 Å². The second kappa shape index (κ2) is 5.12. The summed E-state index contributed by atoms with van der Waals surface area (Å²) in [6.45, 7) is 2.78. The van der Waals surface area contributed by atoms with Gasteiger partial charge in [-0.25, -0.2) is 0 Å². The molecule has 0 bridgehead atoms. The van der Waals surface area contributed by atoms with Gasteiger partial charge in [0, 0.05) is 23.0 Å². The molecule has 0 atom stereocenters. The summed E-state index contributed by atoms with van der Waals surface area (Å²) in [4.78, 5) is 12.3. The molecule has 1 N–H and O–H groups in total. The third-order valence-electron chi connectivity index (χ3n) is 3.36. The first kappa shape index (κ1) is 13.1. The first-order chi connectivity index (χ1) is 8.56. The molecule has 2 rings (SSSR count). The van der Waals surface area contributed by atoms with Crippen LogP contribution in [0.4, 0.5) is 0 Å². The number of halogens is 1. The number of nitrogens with zero attached hydrogens (tertiary/aromatic N) is 1. The van der Waals surface area contributed by atoms with E-state index in [-0.39, 0.29) is 5.56 Å². The van der Waals surface area contributed by atoms with Crippen LogP contribution in [0.1, 0.15) is 11.1 Å². The Kier molecular flexibility index (Phi) is 3.73. The second-order valence-electron chi connectivity index (χ2n) is 4.48. The highest BCUT2D eigenvalue weighted by Crippen LogP contribution is 2.22. The Balaban J connectivity index is 2.76. The van der Waals surface area contributed by atoms with E-state index in [0.717, 1.165) is 35.0 Å². The lowest BCUT2D eigenvalue weighted by molar-refractivity contribution is 0.768. The molecule has 0 fully saturated rings. The van der Waals surface area contributed by atoms with Crippen LogP contribution in [0.3, 0.4) is 0 Å². The van der Waals surface area contributed by atoms with Crippen molar-refractivity contribution >= 4 is 22.5 Å². The predicted octanol–water partition coefficient (Wildman–Crippen LogP) is 2.26. The number of hydrogen-bond donors (Lipinski definition) is 1. The minimum Gasteiger partial charge on any atom is -0.319 e. The van der Waals surface area contributed by atoms with Crippen molar-refractivity contribution < 1.29 is 0 Å². The molecular weight excluding hydrogens is 248 g/mol. The minimum absolute atomic E-state index is 0.0811. The van der Waals surface area contributed by atoms with Crippen molar-refractivity contribution in [1.82, 2.24) is 9.88 Å². The van der Waals surface area contributed by atoms with Crippen LogP contribution in [-0.2, 0) is 13.5 Å². The van der Waals surface area contributed by atoms with Crippen LogP contribution < -0.4 is 10.9 Å². The maximum absolute atomic E-state index is 12.3. The van der Waals surface area contributed by atoms with Crippen molar-refractivity contribution in [3.63, 3.8) is 0 Å². The fourth-order valence-corrected chi connectivity index (χ4v) is 2.45. The summed E-state index contributed by atoms with van der Waals surface area (Å²) in [7, 11) is 3.69. The molecule has 1 aromatic carbocycles. The molecule has 2 aromatic rings. The number of aryl methyl sites for hydroxylation is 2. The van der Waals surface area contributed by atoms with Gasteiger partial charge in [-0.3, -0.25) is 4.79 Å². The second-order valence-corrected chi connectivity index (χ2v) is 4.92. The van der Waals surface area contributed by atoms with E-state index in [1.165, 1.54) is 0 Å². The van der Waals surface area contributed by atoms with Gasteiger partial charge in [-0.05, 0) is 50.7 Å². The van der Waals surface area contributed by atoms with Crippen LogP contribution in [0.15, 0.2) is 23.0 Å². The van der Waals surface area contributed by atoms with E-state index >= 15 is 0 Å².